The number of nitrogens with one attached hydrogen (secondary N) is 1. The normalized spacial score (nSPS) is 32.5. The van der Waals surface area contributed by atoms with Crippen LogP contribution in [-0.4, -0.2) is 55.3 Å². The molecule has 0 spiro atoms. The summed E-state index contributed by atoms with van der Waals surface area (Å²) in [6.07, 6.45) is 1.43. The second kappa shape index (κ2) is 4.84. The van der Waals surface area contributed by atoms with Crippen molar-refractivity contribution in [2.75, 3.05) is 18.8 Å². The zero-order valence-corrected chi connectivity index (χ0v) is 11.3. The van der Waals surface area contributed by atoms with Crippen molar-refractivity contribution in [3.05, 3.63) is 11.5 Å². The van der Waals surface area contributed by atoms with Gasteiger partial charge >= 0.3 is 12.0 Å². The molecular formula is C11H16N2O5S. The second-order valence-corrected chi connectivity index (χ2v) is 6.97. The molecule has 0 aromatic heterocycles. The van der Waals surface area contributed by atoms with E-state index in [9.17, 15) is 18.0 Å². The molecule has 8 heteroatoms. The maximum absolute atomic E-state index is 11.9. The molecule has 19 heavy (non-hydrogen) atoms. The largest absolute Gasteiger partial charge is 0.481 e. The zero-order valence-electron chi connectivity index (χ0n) is 10.4. The van der Waals surface area contributed by atoms with Crippen LogP contribution in [-0.2, 0) is 14.6 Å². The van der Waals surface area contributed by atoms with Crippen LogP contribution in [0.25, 0.3) is 0 Å². The highest BCUT2D eigenvalue weighted by Gasteiger charge is 2.37. The summed E-state index contributed by atoms with van der Waals surface area (Å²) >= 11 is 0. The van der Waals surface area contributed by atoms with Crippen LogP contribution in [0.3, 0.4) is 0 Å². The molecule has 2 N–H and O–H groups in total. The average molecular weight is 288 g/mol. The lowest BCUT2D eigenvalue weighted by atomic mass is 9.99. The van der Waals surface area contributed by atoms with Crippen molar-refractivity contribution in [2.24, 2.45) is 11.8 Å². The Morgan fingerprint density at radius 2 is 2.05 bits per heavy atom. The first-order chi connectivity index (χ1) is 8.78. The lowest BCUT2D eigenvalue weighted by molar-refractivity contribution is -0.142. The van der Waals surface area contributed by atoms with Gasteiger partial charge in [-0.15, -0.1) is 0 Å². The van der Waals surface area contributed by atoms with Crippen LogP contribution in [0.1, 0.15) is 6.92 Å². The number of urea groups is 1. The fourth-order valence-corrected chi connectivity index (χ4v) is 3.60. The summed E-state index contributed by atoms with van der Waals surface area (Å²) in [5.41, 5.74) is 0. The van der Waals surface area contributed by atoms with Gasteiger partial charge in [0.15, 0.2) is 9.84 Å². The average Bonchev–Trinajstić information content (AvgIpc) is 2.82. The molecule has 2 aliphatic rings. The van der Waals surface area contributed by atoms with E-state index in [1.165, 1.54) is 11.0 Å². The molecule has 1 fully saturated rings. The molecule has 106 valence electrons. The van der Waals surface area contributed by atoms with Gasteiger partial charge in [0, 0.05) is 18.5 Å². The Balaban J connectivity index is 1.92. The molecular weight excluding hydrogens is 272 g/mol. The van der Waals surface area contributed by atoms with Crippen molar-refractivity contribution < 1.29 is 23.1 Å². The molecule has 2 amide bonds. The smallest absolute Gasteiger partial charge is 0.317 e. The van der Waals surface area contributed by atoms with Crippen LogP contribution in [0.4, 0.5) is 4.79 Å². The fraction of sp³-hybridized carbons (Fsp3) is 0.636. The minimum absolute atomic E-state index is 0.105. The number of rotatable bonds is 2. The standard InChI is InChI=1S/C11H16N2O5S/c1-7-4-13(5-9(7)10(14)15)11(16)12-8-2-3-19(17,18)6-8/h2-3,7-9H,4-6H2,1H3,(H,12,16)(H,14,15)/t7-,8?,9-/m1/s1. The summed E-state index contributed by atoms with van der Waals surface area (Å²) in [5, 5.41) is 12.7. The maximum Gasteiger partial charge on any atom is 0.317 e. The van der Waals surface area contributed by atoms with E-state index in [4.69, 9.17) is 5.11 Å². The number of carbonyl (C=O) groups is 2. The predicted octanol–water partition coefficient (Wildman–Crippen LogP) is -0.341. The third kappa shape index (κ3) is 3.06. The number of carboxylic acid groups (broad SMARTS) is 1. The number of aliphatic carboxylic acids is 1. The highest BCUT2D eigenvalue weighted by molar-refractivity contribution is 7.94. The quantitative estimate of drug-likeness (QED) is 0.723. The van der Waals surface area contributed by atoms with Crippen molar-refractivity contribution in [1.29, 1.82) is 0 Å². The Hall–Kier alpha value is -1.57. The number of likely N-dealkylation sites (tertiary alicyclic amines) is 1. The Morgan fingerprint density at radius 1 is 1.37 bits per heavy atom. The van der Waals surface area contributed by atoms with E-state index in [2.05, 4.69) is 5.32 Å². The van der Waals surface area contributed by atoms with Crippen molar-refractivity contribution in [1.82, 2.24) is 10.2 Å². The first kappa shape index (κ1) is 13.9. The molecule has 2 aliphatic heterocycles. The number of carbonyl (C=O) groups excluding carboxylic acids is 1. The Bertz CT molecular complexity index is 527. The summed E-state index contributed by atoms with van der Waals surface area (Å²) in [6, 6.07) is -0.945. The summed E-state index contributed by atoms with van der Waals surface area (Å²) in [5.74, 6) is -1.71. The van der Waals surface area contributed by atoms with Crippen LogP contribution in [0, 0.1) is 11.8 Å². The van der Waals surface area contributed by atoms with Crippen LogP contribution >= 0.6 is 0 Å². The van der Waals surface area contributed by atoms with Crippen molar-refractivity contribution in [2.45, 2.75) is 13.0 Å². The molecule has 0 radical (unpaired) electrons. The van der Waals surface area contributed by atoms with Crippen molar-refractivity contribution in [3.8, 4) is 0 Å². The highest BCUT2D eigenvalue weighted by atomic mass is 32.2. The third-order valence-corrected chi connectivity index (χ3v) is 4.85. The van der Waals surface area contributed by atoms with E-state index in [-0.39, 0.29) is 18.2 Å². The summed E-state index contributed by atoms with van der Waals surface area (Å²) < 4.78 is 22.4. The molecule has 1 unspecified atom stereocenters. The van der Waals surface area contributed by atoms with E-state index in [1.54, 1.807) is 6.92 Å². The Morgan fingerprint density at radius 3 is 2.53 bits per heavy atom. The van der Waals surface area contributed by atoms with E-state index < -0.39 is 33.8 Å². The molecule has 1 saturated heterocycles. The predicted molar refractivity (Wildman–Crippen MR) is 67.1 cm³/mol. The van der Waals surface area contributed by atoms with Gasteiger partial charge in [-0.05, 0) is 12.0 Å². The van der Waals surface area contributed by atoms with Crippen LogP contribution in [0.5, 0.6) is 0 Å². The first-order valence-electron chi connectivity index (χ1n) is 5.98. The molecule has 0 aromatic carbocycles. The molecule has 2 rings (SSSR count). The van der Waals surface area contributed by atoms with Gasteiger partial charge in [-0.2, -0.15) is 0 Å². The van der Waals surface area contributed by atoms with Gasteiger partial charge in [-0.25, -0.2) is 13.2 Å². The van der Waals surface area contributed by atoms with Gasteiger partial charge in [-0.3, -0.25) is 4.79 Å². The van der Waals surface area contributed by atoms with Gasteiger partial charge in [-0.1, -0.05) is 6.92 Å². The van der Waals surface area contributed by atoms with Gasteiger partial charge < -0.3 is 15.3 Å². The van der Waals surface area contributed by atoms with Crippen LogP contribution in [0.2, 0.25) is 0 Å². The summed E-state index contributed by atoms with van der Waals surface area (Å²) in [6.45, 7) is 2.31. The first-order valence-corrected chi connectivity index (χ1v) is 7.69. The van der Waals surface area contributed by atoms with Gasteiger partial charge in [0.1, 0.15) is 0 Å². The monoisotopic (exact) mass is 288 g/mol. The zero-order chi connectivity index (χ0) is 14.2. The topological polar surface area (TPSA) is 104 Å². The minimum atomic E-state index is -3.21. The molecule has 2 heterocycles. The summed E-state index contributed by atoms with van der Waals surface area (Å²) in [4.78, 5) is 24.3. The molecule has 0 aromatic rings. The van der Waals surface area contributed by atoms with Crippen molar-refractivity contribution in [3.63, 3.8) is 0 Å². The SMILES string of the molecule is C[C@@H]1CN(C(=O)NC2C=CS(=O)(=O)C2)C[C@H]1C(=O)O. The maximum atomic E-state index is 11.9. The molecule has 3 atom stereocenters. The Kier molecular flexibility index (Phi) is 3.53. The van der Waals surface area contributed by atoms with Crippen molar-refractivity contribution >= 4 is 21.8 Å². The molecule has 0 aliphatic carbocycles. The number of sulfone groups is 1. The lowest BCUT2D eigenvalue weighted by Crippen LogP contribution is -2.44. The Labute approximate surface area is 111 Å². The molecule has 0 saturated carbocycles. The van der Waals surface area contributed by atoms with E-state index in [0.717, 1.165) is 5.41 Å². The summed E-state index contributed by atoms with van der Waals surface area (Å²) in [7, 11) is -3.21. The van der Waals surface area contributed by atoms with Crippen LogP contribution in [0.15, 0.2) is 11.5 Å². The fourth-order valence-electron chi connectivity index (χ4n) is 2.37. The third-order valence-electron chi connectivity index (χ3n) is 3.46. The number of hydrogen-bond donors (Lipinski definition) is 2. The van der Waals surface area contributed by atoms with E-state index in [1.807, 2.05) is 0 Å². The van der Waals surface area contributed by atoms with Gasteiger partial charge in [0.25, 0.3) is 0 Å². The van der Waals surface area contributed by atoms with Gasteiger partial charge in [0.2, 0.25) is 0 Å². The van der Waals surface area contributed by atoms with Crippen LogP contribution < -0.4 is 5.32 Å². The number of hydrogen-bond acceptors (Lipinski definition) is 4. The molecule has 0 bridgehead atoms. The highest BCUT2D eigenvalue weighted by Crippen LogP contribution is 2.23. The lowest BCUT2D eigenvalue weighted by Gasteiger charge is -2.19. The van der Waals surface area contributed by atoms with E-state index in [0.29, 0.717) is 6.54 Å². The second-order valence-electron chi connectivity index (χ2n) is 5.04. The number of carboxylic acids is 1. The van der Waals surface area contributed by atoms with E-state index >= 15 is 0 Å². The minimum Gasteiger partial charge on any atom is -0.481 e. The molecule has 7 nitrogen and oxygen atoms in total. The number of nitrogens with zero attached hydrogens (tertiary/aromatic N) is 1. The number of amides is 2. The van der Waals surface area contributed by atoms with Gasteiger partial charge in [0.05, 0.1) is 17.7 Å².